The molecule has 1 aromatic carbocycles. The van der Waals surface area contributed by atoms with E-state index in [4.69, 9.17) is 4.74 Å². The third kappa shape index (κ3) is 2.10. The normalized spacial score (nSPS) is 15.8. The average Bonchev–Trinajstić information content (AvgIpc) is 2.96. The lowest BCUT2D eigenvalue weighted by Crippen LogP contribution is -2.42. The molecule has 1 aliphatic heterocycles. The Kier molecular flexibility index (Phi) is 3.13. The maximum Gasteiger partial charge on any atom is 0.129 e. The van der Waals surface area contributed by atoms with Gasteiger partial charge < -0.3 is 10.1 Å². The molecule has 3 heterocycles. The van der Waals surface area contributed by atoms with Crippen LogP contribution in [0.5, 0.6) is 5.75 Å². The highest BCUT2D eigenvalue weighted by Gasteiger charge is 2.17. The largest absolute Gasteiger partial charge is 0.493 e. The van der Waals surface area contributed by atoms with Gasteiger partial charge in [0.05, 0.1) is 26.5 Å². The molecule has 0 spiro atoms. The molecule has 3 aromatic rings. The lowest BCUT2D eigenvalue weighted by Gasteiger charge is -2.26. The summed E-state index contributed by atoms with van der Waals surface area (Å²) < 4.78 is 8.55. The standard InChI is InChI=1S/C15H16N2OS2/c1-9-17-14-13(20-9)6-12(11-3-5-19-15(11)14)18-4-2-10-7-16-8-10/h3,5-6,10,16H,2,4,7-8H2,1H3. The van der Waals surface area contributed by atoms with Crippen LogP contribution in [-0.2, 0) is 0 Å². The molecule has 1 N–H and O–H groups in total. The number of nitrogens with one attached hydrogen (secondary N) is 1. The van der Waals surface area contributed by atoms with Gasteiger partial charge in [-0.3, -0.25) is 0 Å². The van der Waals surface area contributed by atoms with Crippen LogP contribution in [0.3, 0.4) is 0 Å². The number of fused-ring (bicyclic) bond motifs is 3. The van der Waals surface area contributed by atoms with E-state index in [-0.39, 0.29) is 0 Å². The molecule has 0 saturated carbocycles. The summed E-state index contributed by atoms with van der Waals surface area (Å²) in [5.74, 6) is 1.81. The summed E-state index contributed by atoms with van der Waals surface area (Å²) in [7, 11) is 0. The Morgan fingerprint density at radius 2 is 2.35 bits per heavy atom. The van der Waals surface area contributed by atoms with Crippen molar-refractivity contribution in [3.8, 4) is 5.75 Å². The topological polar surface area (TPSA) is 34.1 Å². The molecule has 0 amide bonds. The van der Waals surface area contributed by atoms with Gasteiger partial charge in [-0.05, 0) is 43.8 Å². The summed E-state index contributed by atoms with van der Waals surface area (Å²) in [6, 6.07) is 4.31. The number of nitrogens with zero attached hydrogens (tertiary/aromatic N) is 1. The lowest BCUT2D eigenvalue weighted by molar-refractivity contribution is 0.240. The SMILES string of the molecule is Cc1nc2c(cc(OCCC3CNC3)c3ccsc32)s1. The highest BCUT2D eigenvalue weighted by Crippen LogP contribution is 2.38. The fourth-order valence-electron chi connectivity index (χ4n) is 2.59. The molecule has 5 heteroatoms. The first-order valence-electron chi connectivity index (χ1n) is 6.92. The van der Waals surface area contributed by atoms with Crippen molar-refractivity contribution in [3.63, 3.8) is 0 Å². The number of hydrogen-bond acceptors (Lipinski definition) is 5. The first-order chi connectivity index (χ1) is 9.81. The minimum Gasteiger partial charge on any atom is -0.493 e. The van der Waals surface area contributed by atoms with Crippen molar-refractivity contribution in [2.45, 2.75) is 13.3 Å². The van der Waals surface area contributed by atoms with Gasteiger partial charge in [0.25, 0.3) is 0 Å². The van der Waals surface area contributed by atoms with E-state index in [0.717, 1.165) is 48.3 Å². The Labute approximate surface area is 125 Å². The van der Waals surface area contributed by atoms with E-state index in [1.165, 1.54) is 14.8 Å². The van der Waals surface area contributed by atoms with Crippen LogP contribution in [0.15, 0.2) is 17.5 Å². The molecule has 0 radical (unpaired) electrons. The Balaban J connectivity index is 1.66. The van der Waals surface area contributed by atoms with Crippen LogP contribution in [-0.4, -0.2) is 24.7 Å². The highest BCUT2D eigenvalue weighted by molar-refractivity contribution is 7.21. The molecule has 20 heavy (non-hydrogen) atoms. The monoisotopic (exact) mass is 304 g/mol. The lowest BCUT2D eigenvalue weighted by atomic mass is 10.0. The van der Waals surface area contributed by atoms with Crippen LogP contribution >= 0.6 is 22.7 Å². The molecule has 1 saturated heterocycles. The summed E-state index contributed by atoms with van der Waals surface area (Å²) in [6.07, 6.45) is 1.14. The van der Waals surface area contributed by atoms with E-state index in [1.54, 1.807) is 22.7 Å². The minimum atomic E-state index is 0.794. The zero-order chi connectivity index (χ0) is 13.5. The fourth-order valence-corrected chi connectivity index (χ4v) is 4.43. The van der Waals surface area contributed by atoms with Gasteiger partial charge in [-0.1, -0.05) is 0 Å². The number of hydrogen-bond donors (Lipinski definition) is 1. The molecular formula is C15H16N2OS2. The van der Waals surface area contributed by atoms with Crippen LogP contribution < -0.4 is 10.1 Å². The summed E-state index contributed by atoms with van der Waals surface area (Å²) in [5.41, 5.74) is 1.13. The third-order valence-corrected chi connectivity index (χ3v) is 5.66. The van der Waals surface area contributed by atoms with Crippen molar-refractivity contribution in [3.05, 3.63) is 22.5 Å². The second-order valence-electron chi connectivity index (χ2n) is 5.28. The van der Waals surface area contributed by atoms with Crippen molar-refractivity contribution in [2.24, 2.45) is 5.92 Å². The second kappa shape index (κ2) is 4.98. The van der Waals surface area contributed by atoms with Crippen molar-refractivity contribution in [1.29, 1.82) is 0 Å². The molecule has 0 aliphatic carbocycles. The van der Waals surface area contributed by atoms with Gasteiger partial charge in [-0.25, -0.2) is 4.98 Å². The summed E-state index contributed by atoms with van der Waals surface area (Å²) in [5, 5.41) is 7.75. The molecule has 2 aromatic heterocycles. The molecule has 1 fully saturated rings. The van der Waals surface area contributed by atoms with Gasteiger partial charge in [-0.15, -0.1) is 22.7 Å². The Morgan fingerprint density at radius 3 is 3.15 bits per heavy atom. The number of thiophene rings is 1. The molecule has 0 atom stereocenters. The van der Waals surface area contributed by atoms with Crippen LogP contribution in [0.4, 0.5) is 0 Å². The van der Waals surface area contributed by atoms with Crippen LogP contribution in [0.25, 0.3) is 20.3 Å². The van der Waals surface area contributed by atoms with Gasteiger partial charge in [0, 0.05) is 11.5 Å². The molecular weight excluding hydrogens is 288 g/mol. The molecule has 4 rings (SSSR count). The number of aromatic nitrogens is 1. The van der Waals surface area contributed by atoms with Crippen LogP contribution in [0, 0.1) is 12.8 Å². The maximum atomic E-state index is 6.06. The second-order valence-corrected chi connectivity index (χ2v) is 7.43. The number of rotatable bonds is 4. The van der Waals surface area contributed by atoms with E-state index >= 15 is 0 Å². The van der Waals surface area contributed by atoms with Gasteiger partial charge in [-0.2, -0.15) is 0 Å². The van der Waals surface area contributed by atoms with E-state index in [1.807, 2.05) is 0 Å². The zero-order valence-electron chi connectivity index (χ0n) is 11.3. The molecule has 1 aliphatic rings. The van der Waals surface area contributed by atoms with Crippen molar-refractivity contribution in [1.82, 2.24) is 10.3 Å². The number of ether oxygens (including phenoxy) is 1. The van der Waals surface area contributed by atoms with Crippen molar-refractivity contribution >= 4 is 43.0 Å². The van der Waals surface area contributed by atoms with Crippen LogP contribution in [0.1, 0.15) is 11.4 Å². The fraction of sp³-hybridized carbons (Fsp3) is 0.400. The van der Waals surface area contributed by atoms with E-state index in [9.17, 15) is 0 Å². The highest BCUT2D eigenvalue weighted by atomic mass is 32.1. The number of aryl methyl sites for hydroxylation is 1. The molecule has 3 nitrogen and oxygen atoms in total. The third-order valence-electron chi connectivity index (χ3n) is 3.82. The number of benzene rings is 1. The van der Waals surface area contributed by atoms with Gasteiger partial charge >= 0.3 is 0 Å². The van der Waals surface area contributed by atoms with E-state index in [0.29, 0.717) is 0 Å². The quantitative estimate of drug-likeness (QED) is 0.796. The average molecular weight is 304 g/mol. The first-order valence-corrected chi connectivity index (χ1v) is 8.62. The Hall–Kier alpha value is -1.17. The van der Waals surface area contributed by atoms with Gasteiger partial charge in [0.1, 0.15) is 5.75 Å². The summed E-state index contributed by atoms with van der Waals surface area (Å²) >= 11 is 3.50. The van der Waals surface area contributed by atoms with Crippen molar-refractivity contribution in [2.75, 3.05) is 19.7 Å². The number of thiazole rings is 1. The zero-order valence-corrected chi connectivity index (χ0v) is 12.9. The van der Waals surface area contributed by atoms with Gasteiger partial charge in [0.15, 0.2) is 0 Å². The van der Waals surface area contributed by atoms with Crippen LogP contribution in [0.2, 0.25) is 0 Å². The molecule has 104 valence electrons. The predicted octanol–water partition coefficient (Wildman–Crippen LogP) is 3.81. The minimum absolute atomic E-state index is 0.794. The van der Waals surface area contributed by atoms with Crippen molar-refractivity contribution < 1.29 is 4.74 Å². The molecule has 0 bridgehead atoms. The predicted molar refractivity (Wildman–Crippen MR) is 86.2 cm³/mol. The summed E-state index contributed by atoms with van der Waals surface area (Å²) in [4.78, 5) is 4.65. The first kappa shape index (κ1) is 12.6. The van der Waals surface area contributed by atoms with E-state index < -0.39 is 0 Å². The maximum absolute atomic E-state index is 6.06. The smallest absolute Gasteiger partial charge is 0.129 e. The van der Waals surface area contributed by atoms with E-state index in [2.05, 4.69) is 34.7 Å². The van der Waals surface area contributed by atoms with Gasteiger partial charge in [0.2, 0.25) is 0 Å². The summed E-state index contributed by atoms with van der Waals surface area (Å²) in [6.45, 7) is 5.16. The molecule has 0 unspecified atom stereocenters. The Morgan fingerprint density at radius 1 is 1.45 bits per heavy atom. The Bertz CT molecular complexity index is 758.